The van der Waals surface area contributed by atoms with Gasteiger partial charge >= 0.3 is 0 Å². The third-order valence-corrected chi connectivity index (χ3v) is 3.79. The first kappa shape index (κ1) is 15.8. The van der Waals surface area contributed by atoms with Crippen LogP contribution < -0.4 is 4.74 Å². The minimum Gasteiger partial charge on any atom is -0.492 e. The molecule has 0 spiro atoms. The average Bonchev–Trinajstić information content (AvgIpc) is 2.55. The van der Waals surface area contributed by atoms with Gasteiger partial charge in [-0.25, -0.2) is 5.06 Å². The number of carbonyl (C=O) groups is 1. The van der Waals surface area contributed by atoms with Gasteiger partial charge in [-0.15, -0.1) is 0 Å². The van der Waals surface area contributed by atoms with Gasteiger partial charge < -0.3 is 4.74 Å². The molecule has 1 fully saturated rings. The lowest BCUT2D eigenvalue weighted by Crippen LogP contribution is -2.33. The third-order valence-electron chi connectivity index (χ3n) is 3.79. The Morgan fingerprint density at radius 1 is 1.19 bits per heavy atom. The molecule has 116 valence electrons. The average molecular weight is 292 g/mol. The maximum atomic E-state index is 11.9. The molecule has 0 atom stereocenters. The summed E-state index contributed by atoms with van der Waals surface area (Å²) >= 11 is 0. The molecule has 5 nitrogen and oxygen atoms in total. The summed E-state index contributed by atoms with van der Waals surface area (Å²) in [6.07, 6.45) is 3.94. The van der Waals surface area contributed by atoms with Crippen molar-refractivity contribution in [3.63, 3.8) is 0 Å². The van der Waals surface area contributed by atoms with Gasteiger partial charge in [0.05, 0.1) is 7.11 Å². The molecule has 0 N–H and O–H groups in total. The predicted octanol–water partition coefficient (Wildman–Crippen LogP) is 2.18. The Labute approximate surface area is 126 Å². The monoisotopic (exact) mass is 292 g/mol. The highest BCUT2D eigenvalue weighted by atomic mass is 16.7. The molecule has 1 aliphatic heterocycles. The molecule has 5 heteroatoms. The Morgan fingerprint density at radius 2 is 1.86 bits per heavy atom. The van der Waals surface area contributed by atoms with E-state index in [1.807, 2.05) is 12.1 Å². The predicted molar refractivity (Wildman–Crippen MR) is 81.3 cm³/mol. The van der Waals surface area contributed by atoms with Gasteiger partial charge in [-0.05, 0) is 50.2 Å². The fourth-order valence-electron chi connectivity index (χ4n) is 2.43. The van der Waals surface area contributed by atoms with Crippen LogP contribution in [0.25, 0.3) is 0 Å². The van der Waals surface area contributed by atoms with E-state index in [1.165, 1.54) is 44.5 Å². The molecule has 1 aromatic carbocycles. The van der Waals surface area contributed by atoms with Crippen LogP contribution in [0.4, 0.5) is 0 Å². The van der Waals surface area contributed by atoms with Gasteiger partial charge in [-0.1, -0.05) is 6.42 Å². The summed E-state index contributed by atoms with van der Waals surface area (Å²) in [4.78, 5) is 19.2. The second kappa shape index (κ2) is 8.00. The highest BCUT2D eigenvalue weighted by molar-refractivity contribution is 5.93. The van der Waals surface area contributed by atoms with Crippen molar-refractivity contribution in [2.24, 2.45) is 0 Å². The molecule has 2 rings (SSSR count). The molecule has 0 radical (unpaired) electrons. The number of hydrogen-bond donors (Lipinski definition) is 0. The molecule has 0 saturated carbocycles. The van der Waals surface area contributed by atoms with Crippen molar-refractivity contribution in [2.75, 3.05) is 40.4 Å². The first-order valence-corrected chi connectivity index (χ1v) is 7.48. The van der Waals surface area contributed by atoms with Crippen molar-refractivity contribution >= 4 is 5.91 Å². The largest absolute Gasteiger partial charge is 0.492 e. The number of likely N-dealkylation sites (tertiary alicyclic amines) is 1. The number of rotatable bonds is 6. The van der Waals surface area contributed by atoms with E-state index in [4.69, 9.17) is 9.57 Å². The van der Waals surface area contributed by atoms with Gasteiger partial charge in [0.15, 0.2) is 0 Å². The first-order chi connectivity index (χ1) is 10.2. The summed E-state index contributed by atoms with van der Waals surface area (Å²) < 4.78 is 5.73. The van der Waals surface area contributed by atoms with Crippen LogP contribution in [-0.4, -0.2) is 56.3 Å². The number of hydroxylamine groups is 2. The van der Waals surface area contributed by atoms with Gasteiger partial charge in [0, 0.05) is 19.2 Å². The molecule has 1 saturated heterocycles. The van der Waals surface area contributed by atoms with Crippen LogP contribution in [0.1, 0.15) is 29.6 Å². The van der Waals surface area contributed by atoms with Gasteiger partial charge in [-0.2, -0.15) is 0 Å². The summed E-state index contributed by atoms with van der Waals surface area (Å²) in [5.41, 5.74) is 0.586. The molecule has 1 heterocycles. The lowest BCUT2D eigenvalue weighted by molar-refractivity contribution is -0.0757. The van der Waals surface area contributed by atoms with E-state index in [0.29, 0.717) is 12.2 Å². The van der Waals surface area contributed by atoms with Crippen LogP contribution in [-0.2, 0) is 4.84 Å². The van der Waals surface area contributed by atoms with Crippen LogP contribution in [0, 0.1) is 0 Å². The van der Waals surface area contributed by atoms with E-state index in [2.05, 4.69) is 4.90 Å². The Hall–Kier alpha value is -1.59. The number of piperidine rings is 1. The number of carbonyl (C=O) groups excluding carboxylic acids is 1. The minimum atomic E-state index is -0.169. The molecule has 0 bridgehead atoms. The second-order valence-electron chi connectivity index (χ2n) is 5.26. The van der Waals surface area contributed by atoms with E-state index < -0.39 is 0 Å². The van der Waals surface area contributed by atoms with E-state index >= 15 is 0 Å². The molecule has 21 heavy (non-hydrogen) atoms. The lowest BCUT2D eigenvalue weighted by atomic mass is 10.1. The summed E-state index contributed by atoms with van der Waals surface area (Å²) in [7, 11) is 3.06. The molecule has 0 aromatic heterocycles. The lowest BCUT2D eigenvalue weighted by Gasteiger charge is -2.26. The third kappa shape index (κ3) is 4.72. The molecule has 1 amide bonds. The van der Waals surface area contributed by atoms with Crippen molar-refractivity contribution in [2.45, 2.75) is 19.3 Å². The van der Waals surface area contributed by atoms with E-state index in [9.17, 15) is 4.79 Å². The first-order valence-electron chi connectivity index (χ1n) is 7.48. The number of ether oxygens (including phenoxy) is 1. The Bertz CT molecular complexity index is 441. The summed E-state index contributed by atoms with van der Waals surface area (Å²) in [6.45, 7) is 4.01. The second-order valence-corrected chi connectivity index (χ2v) is 5.26. The number of benzene rings is 1. The molecule has 1 aliphatic rings. The highest BCUT2D eigenvalue weighted by Gasteiger charge is 2.11. The Kier molecular flexibility index (Phi) is 6.02. The van der Waals surface area contributed by atoms with E-state index in [1.54, 1.807) is 19.2 Å². The van der Waals surface area contributed by atoms with Crippen LogP contribution >= 0.6 is 0 Å². The summed E-state index contributed by atoms with van der Waals surface area (Å²) in [6, 6.07) is 7.17. The highest BCUT2D eigenvalue weighted by Crippen LogP contribution is 2.14. The number of hydrogen-bond acceptors (Lipinski definition) is 4. The van der Waals surface area contributed by atoms with Crippen molar-refractivity contribution in [1.82, 2.24) is 9.96 Å². The zero-order valence-electron chi connectivity index (χ0n) is 12.9. The quantitative estimate of drug-likeness (QED) is 0.754. The normalized spacial score (nSPS) is 15.7. The van der Waals surface area contributed by atoms with Crippen LogP contribution in [0.2, 0.25) is 0 Å². The van der Waals surface area contributed by atoms with E-state index in [0.717, 1.165) is 12.3 Å². The van der Waals surface area contributed by atoms with E-state index in [-0.39, 0.29) is 5.91 Å². The molecule has 1 aromatic rings. The Balaban J connectivity index is 1.78. The zero-order chi connectivity index (χ0) is 15.1. The standard InChI is InChI=1S/C16H24N2O3/c1-17(20-2)16(19)14-6-8-15(9-7-14)21-13-12-18-10-4-3-5-11-18/h6-9H,3-5,10-13H2,1-2H3. The number of nitrogens with zero attached hydrogens (tertiary/aromatic N) is 2. The van der Waals surface area contributed by atoms with Crippen LogP contribution in [0.5, 0.6) is 5.75 Å². The SMILES string of the molecule is CON(C)C(=O)c1ccc(OCCN2CCCCC2)cc1. The van der Waals surface area contributed by atoms with Crippen molar-refractivity contribution in [1.29, 1.82) is 0 Å². The molecule has 0 aliphatic carbocycles. The number of amides is 1. The van der Waals surface area contributed by atoms with Gasteiger partial charge in [0.1, 0.15) is 12.4 Å². The van der Waals surface area contributed by atoms with Crippen molar-refractivity contribution in [3.05, 3.63) is 29.8 Å². The fraction of sp³-hybridized carbons (Fsp3) is 0.562. The summed E-state index contributed by atoms with van der Waals surface area (Å²) in [5.74, 6) is 0.626. The van der Waals surface area contributed by atoms with Crippen molar-refractivity contribution < 1.29 is 14.4 Å². The summed E-state index contributed by atoms with van der Waals surface area (Å²) in [5, 5.41) is 1.20. The molecular weight excluding hydrogens is 268 g/mol. The molecular formula is C16H24N2O3. The smallest absolute Gasteiger partial charge is 0.277 e. The van der Waals surface area contributed by atoms with Gasteiger partial charge in [-0.3, -0.25) is 14.5 Å². The topological polar surface area (TPSA) is 42.0 Å². The van der Waals surface area contributed by atoms with Gasteiger partial charge in [0.2, 0.25) is 0 Å². The fourth-order valence-corrected chi connectivity index (χ4v) is 2.43. The molecule has 0 unspecified atom stereocenters. The van der Waals surface area contributed by atoms with Gasteiger partial charge in [0.25, 0.3) is 5.91 Å². The van der Waals surface area contributed by atoms with Crippen LogP contribution in [0.15, 0.2) is 24.3 Å². The van der Waals surface area contributed by atoms with Crippen molar-refractivity contribution in [3.8, 4) is 5.75 Å². The Morgan fingerprint density at radius 3 is 2.48 bits per heavy atom. The minimum absolute atomic E-state index is 0.169. The maximum absolute atomic E-state index is 11.9. The maximum Gasteiger partial charge on any atom is 0.277 e. The zero-order valence-corrected chi connectivity index (χ0v) is 12.9. The van der Waals surface area contributed by atoms with Crippen LogP contribution in [0.3, 0.4) is 0 Å².